The second-order valence-electron chi connectivity index (χ2n) is 2.88. The van der Waals surface area contributed by atoms with E-state index in [1.54, 1.807) is 6.07 Å². The number of carbonyl (C=O) groups excluding carboxylic acids is 1. The van der Waals surface area contributed by atoms with E-state index in [0.29, 0.717) is 0 Å². The number of nitro groups is 1. The first-order valence-electron chi connectivity index (χ1n) is 4.25. The lowest BCUT2D eigenvalue weighted by Crippen LogP contribution is -2.09. The molecule has 0 amide bonds. The van der Waals surface area contributed by atoms with Crippen molar-refractivity contribution >= 4 is 33.3 Å². The fraction of sp³-hybridized carbons (Fsp3) is 0.111. The smallest absolute Gasteiger partial charge is 0.341 e. The first-order valence-corrected chi connectivity index (χ1v) is 5.04. The van der Waals surface area contributed by atoms with Crippen molar-refractivity contribution in [2.45, 2.75) is 0 Å². The van der Waals surface area contributed by atoms with Crippen molar-refractivity contribution < 1.29 is 14.5 Å². The maximum Gasteiger partial charge on any atom is 0.341 e. The molecule has 0 aliphatic heterocycles. The zero-order valence-corrected chi connectivity index (χ0v) is 9.93. The van der Waals surface area contributed by atoms with Gasteiger partial charge in [-0.05, 0) is 15.9 Å². The van der Waals surface area contributed by atoms with Gasteiger partial charge in [0.2, 0.25) is 0 Å². The molecule has 0 saturated heterocycles. The number of anilines is 1. The van der Waals surface area contributed by atoms with Crippen molar-refractivity contribution in [2.75, 3.05) is 12.3 Å². The molecule has 17 heavy (non-hydrogen) atoms. The predicted octanol–water partition coefficient (Wildman–Crippen LogP) is 1.62. The van der Waals surface area contributed by atoms with Crippen LogP contribution in [-0.4, -0.2) is 17.5 Å². The van der Waals surface area contributed by atoms with Gasteiger partial charge in [-0.2, -0.15) is 5.26 Å². The van der Waals surface area contributed by atoms with E-state index in [2.05, 4.69) is 20.7 Å². The first-order chi connectivity index (χ1) is 7.97. The highest BCUT2D eigenvalue weighted by Crippen LogP contribution is 2.29. The predicted molar refractivity (Wildman–Crippen MR) is 61.1 cm³/mol. The number of nitrogens with zero attached hydrogens (tertiary/aromatic N) is 2. The lowest BCUT2D eigenvalue weighted by molar-refractivity contribution is -0.384. The van der Waals surface area contributed by atoms with E-state index in [1.165, 1.54) is 6.07 Å². The van der Waals surface area contributed by atoms with Crippen LogP contribution >= 0.6 is 15.9 Å². The minimum Gasteiger partial charge on any atom is -0.447 e. The van der Waals surface area contributed by atoms with Crippen LogP contribution in [0, 0.1) is 21.4 Å². The Kier molecular flexibility index (Phi) is 4.01. The molecule has 1 rings (SSSR count). The molecule has 2 N–H and O–H groups in total. The quantitative estimate of drug-likeness (QED) is 0.392. The van der Waals surface area contributed by atoms with Crippen LogP contribution in [0.2, 0.25) is 0 Å². The largest absolute Gasteiger partial charge is 0.447 e. The molecule has 0 saturated carbocycles. The van der Waals surface area contributed by atoms with Crippen molar-refractivity contribution in [3.63, 3.8) is 0 Å². The number of nitriles is 1. The topological polar surface area (TPSA) is 119 Å². The third-order valence-electron chi connectivity index (χ3n) is 1.81. The third kappa shape index (κ3) is 2.92. The first kappa shape index (κ1) is 12.9. The summed E-state index contributed by atoms with van der Waals surface area (Å²) in [6, 6.07) is 3.79. The van der Waals surface area contributed by atoms with Gasteiger partial charge in [0, 0.05) is 16.6 Å². The number of rotatable bonds is 3. The number of halogens is 1. The molecule has 1 aromatic rings. The minimum atomic E-state index is -0.881. The molecule has 88 valence electrons. The number of nitrogen functional groups attached to an aromatic ring is 1. The van der Waals surface area contributed by atoms with E-state index in [-0.39, 0.29) is 21.4 Å². The monoisotopic (exact) mass is 299 g/mol. The maximum atomic E-state index is 11.5. The summed E-state index contributed by atoms with van der Waals surface area (Å²) in [5, 5.41) is 18.8. The molecule has 0 aromatic heterocycles. The molecule has 0 aliphatic carbocycles. The van der Waals surface area contributed by atoms with Gasteiger partial charge in [-0.3, -0.25) is 10.1 Å². The number of carbonyl (C=O) groups is 1. The summed E-state index contributed by atoms with van der Waals surface area (Å²) in [6.07, 6.45) is 0. The highest BCUT2D eigenvalue weighted by molar-refractivity contribution is 9.10. The van der Waals surface area contributed by atoms with E-state index in [0.717, 1.165) is 6.07 Å². The SMILES string of the molecule is N#CCOC(=O)c1cc([N+](=O)[O-])cc(Br)c1N. The number of nitrogens with two attached hydrogens (primary N) is 1. The zero-order valence-electron chi connectivity index (χ0n) is 8.34. The second-order valence-corrected chi connectivity index (χ2v) is 3.73. The van der Waals surface area contributed by atoms with E-state index < -0.39 is 17.5 Å². The van der Waals surface area contributed by atoms with Crippen LogP contribution in [-0.2, 0) is 4.74 Å². The molecule has 0 fully saturated rings. The number of hydrogen-bond acceptors (Lipinski definition) is 6. The number of benzene rings is 1. The van der Waals surface area contributed by atoms with Crippen molar-refractivity contribution in [1.82, 2.24) is 0 Å². The van der Waals surface area contributed by atoms with Crippen LogP contribution < -0.4 is 5.73 Å². The van der Waals surface area contributed by atoms with Crippen molar-refractivity contribution in [3.8, 4) is 6.07 Å². The van der Waals surface area contributed by atoms with Crippen LogP contribution in [0.1, 0.15) is 10.4 Å². The van der Waals surface area contributed by atoms with Gasteiger partial charge in [-0.25, -0.2) is 4.79 Å². The summed E-state index contributed by atoms with van der Waals surface area (Å²) >= 11 is 3.00. The van der Waals surface area contributed by atoms with Crippen LogP contribution in [0.3, 0.4) is 0 Å². The summed E-state index contributed by atoms with van der Waals surface area (Å²) in [4.78, 5) is 21.4. The summed E-state index contributed by atoms with van der Waals surface area (Å²) in [5.74, 6) is -0.881. The molecular formula is C9H6BrN3O4. The van der Waals surface area contributed by atoms with E-state index >= 15 is 0 Å². The number of esters is 1. The van der Waals surface area contributed by atoms with Gasteiger partial charge < -0.3 is 10.5 Å². The number of nitro benzene ring substituents is 1. The molecule has 7 nitrogen and oxygen atoms in total. The van der Waals surface area contributed by atoms with Gasteiger partial charge in [0.05, 0.1) is 16.2 Å². The molecule has 8 heteroatoms. The summed E-state index contributed by atoms with van der Waals surface area (Å²) in [5.41, 5.74) is 5.15. The number of ether oxygens (including phenoxy) is 1. The Bertz CT molecular complexity index is 524. The number of non-ortho nitro benzene ring substituents is 1. The summed E-state index contributed by atoms with van der Waals surface area (Å²) < 4.78 is 4.74. The lowest BCUT2D eigenvalue weighted by atomic mass is 10.1. The average Bonchev–Trinajstić information content (AvgIpc) is 2.29. The molecular weight excluding hydrogens is 294 g/mol. The van der Waals surface area contributed by atoms with Gasteiger partial charge in [0.25, 0.3) is 5.69 Å². The normalized spacial score (nSPS) is 9.41. The van der Waals surface area contributed by atoms with E-state index in [4.69, 9.17) is 11.0 Å². The van der Waals surface area contributed by atoms with Crippen molar-refractivity contribution in [2.24, 2.45) is 0 Å². The molecule has 0 bridgehead atoms. The van der Waals surface area contributed by atoms with Crippen molar-refractivity contribution in [1.29, 1.82) is 5.26 Å². The minimum absolute atomic E-state index is 0.0264. The second kappa shape index (κ2) is 5.27. The summed E-state index contributed by atoms with van der Waals surface area (Å²) in [6.45, 7) is -0.446. The Morgan fingerprint density at radius 3 is 2.82 bits per heavy atom. The zero-order chi connectivity index (χ0) is 13.0. The molecule has 0 spiro atoms. The molecule has 0 atom stereocenters. The van der Waals surface area contributed by atoms with Gasteiger partial charge in [0.1, 0.15) is 6.07 Å². The van der Waals surface area contributed by atoms with Gasteiger partial charge in [-0.15, -0.1) is 0 Å². The third-order valence-corrected chi connectivity index (χ3v) is 2.47. The average molecular weight is 300 g/mol. The Morgan fingerprint density at radius 2 is 2.29 bits per heavy atom. The Labute approximate surface area is 104 Å². The Morgan fingerprint density at radius 1 is 1.65 bits per heavy atom. The Balaban J connectivity index is 3.19. The van der Waals surface area contributed by atoms with Gasteiger partial charge >= 0.3 is 5.97 Å². The maximum absolute atomic E-state index is 11.5. The Hall–Kier alpha value is -2.14. The molecule has 0 unspecified atom stereocenters. The fourth-order valence-corrected chi connectivity index (χ4v) is 1.50. The lowest BCUT2D eigenvalue weighted by Gasteiger charge is -2.06. The van der Waals surface area contributed by atoms with Crippen molar-refractivity contribution in [3.05, 3.63) is 32.3 Å². The van der Waals surface area contributed by atoms with E-state index in [1.807, 2.05) is 0 Å². The summed E-state index contributed by atoms with van der Waals surface area (Å²) in [7, 11) is 0. The molecule has 0 heterocycles. The fourth-order valence-electron chi connectivity index (χ4n) is 1.05. The van der Waals surface area contributed by atoms with Crippen LogP contribution in [0.5, 0.6) is 0 Å². The van der Waals surface area contributed by atoms with Gasteiger partial charge in [-0.1, -0.05) is 0 Å². The molecule has 0 radical (unpaired) electrons. The highest BCUT2D eigenvalue weighted by Gasteiger charge is 2.19. The molecule has 1 aromatic carbocycles. The van der Waals surface area contributed by atoms with Crippen LogP contribution in [0.4, 0.5) is 11.4 Å². The standard InChI is InChI=1S/C9H6BrN3O4/c10-7-4-5(13(15)16)3-6(8(7)12)9(14)17-2-1-11/h3-4H,2,12H2. The highest BCUT2D eigenvalue weighted by atomic mass is 79.9. The number of hydrogen-bond donors (Lipinski definition) is 1. The van der Waals surface area contributed by atoms with Crippen LogP contribution in [0.25, 0.3) is 0 Å². The molecule has 0 aliphatic rings. The van der Waals surface area contributed by atoms with E-state index in [9.17, 15) is 14.9 Å². The van der Waals surface area contributed by atoms with Gasteiger partial charge in [0.15, 0.2) is 6.61 Å². The van der Waals surface area contributed by atoms with Crippen LogP contribution in [0.15, 0.2) is 16.6 Å².